The smallest absolute Gasteiger partial charge is 0.244 e. The van der Waals surface area contributed by atoms with Crippen molar-refractivity contribution in [3.8, 4) is 5.75 Å². The number of phenols is 1. The van der Waals surface area contributed by atoms with E-state index in [-0.39, 0.29) is 129 Å². The molecule has 0 aliphatic carbocycles. The minimum atomic E-state index is -1.47. The van der Waals surface area contributed by atoms with Crippen molar-refractivity contribution in [3.05, 3.63) is 65.7 Å². The third kappa shape index (κ3) is 27.6. The molecule has 0 aliphatic rings. The Kier molecular flexibility index (Phi) is 31.6. The van der Waals surface area contributed by atoms with E-state index in [0.717, 1.165) is 23.5 Å². The van der Waals surface area contributed by atoms with E-state index in [1.807, 2.05) is 6.92 Å². The van der Waals surface area contributed by atoms with Gasteiger partial charge in [0.1, 0.15) is 42.0 Å². The number of primary amides is 1. The lowest BCUT2D eigenvalue weighted by Crippen LogP contribution is -2.60. The van der Waals surface area contributed by atoms with Gasteiger partial charge in [0, 0.05) is 50.0 Å². The highest BCUT2D eigenvalue weighted by atomic mass is 32.2. The van der Waals surface area contributed by atoms with Crippen LogP contribution in [0.5, 0.6) is 5.75 Å². The maximum absolute atomic E-state index is 14.7. The van der Waals surface area contributed by atoms with Gasteiger partial charge < -0.3 is 88.2 Å². The standard InChI is InChI=1S/C50H80N18O10S2/c1-4-28(2)40(51)47(78)68-37(24-79-26-39(71)31-11-6-5-7-12-31)46(77)66-36(23-30-16-18-32(70)19-17-30)44(75)65-34(14-9-21-60-49(55)56)42(73)64-35(15-10-22-61-50(57)58)43(74)67-38(25-80-27-62-29(3)69)45(76)63-33(41(52)72)13-8-20-59-48(53)54/h5-7,11-12,16-19,28,33-38,40,70H,4,8-10,13-15,20-27,51H2,1-3H3,(H2,52,72)(H,62,69)(H,63,76)(H,64,73)(H,65,75)(H,66,77)(H,67,74)(H,68,78)(H4,53,54,59)(H4,55,56,60)(H4,57,58,61)/t28-,33-,34-,35-,36-,37-,38-,40-/m0/s1. The molecule has 24 N–H and O–H groups in total. The largest absolute Gasteiger partial charge is 0.508 e. The molecule has 0 radical (unpaired) electrons. The zero-order valence-electron chi connectivity index (χ0n) is 45.3. The SMILES string of the molecule is CC[C@H](C)[C@H](N)C(=O)N[C@@H](CSCC(=O)c1ccccc1)C(=O)N[C@@H](Cc1ccc(O)cc1)C(=O)N[C@@H](CCCN=C(N)N)C(=O)N[C@@H](CCCN=C(N)N)C(=O)N[C@@H](CSCNC(C)=O)C(=O)N[C@@H](CCCN=C(N)N)C(N)=O. The number of guanidine groups is 3. The average Bonchev–Trinajstić information content (AvgIpc) is 3.40. The van der Waals surface area contributed by atoms with Crippen molar-refractivity contribution in [2.75, 3.05) is 42.8 Å². The minimum Gasteiger partial charge on any atom is -0.508 e. The lowest BCUT2D eigenvalue weighted by molar-refractivity contribution is -0.135. The van der Waals surface area contributed by atoms with Gasteiger partial charge in [-0.05, 0) is 62.1 Å². The Hall–Kier alpha value is -7.86. The van der Waals surface area contributed by atoms with Crippen LogP contribution in [0.1, 0.15) is 81.6 Å². The summed E-state index contributed by atoms with van der Waals surface area (Å²) in [6.45, 7) is 5.02. The van der Waals surface area contributed by atoms with E-state index in [1.165, 1.54) is 31.2 Å². The molecule has 0 heterocycles. The molecule has 0 saturated carbocycles. The second-order valence-corrected chi connectivity index (χ2v) is 20.5. The van der Waals surface area contributed by atoms with Crippen molar-refractivity contribution in [2.45, 2.75) is 114 Å². The van der Waals surface area contributed by atoms with Gasteiger partial charge in [-0.2, -0.15) is 11.8 Å². The summed E-state index contributed by atoms with van der Waals surface area (Å²) in [7, 11) is 0. The number of carbonyl (C=O) groups excluding carboxylic acids is 9. The van der Waals surface area contributed by atoms with Crippen LogP contribution in [0.25, 0.3) is 0 Å². The number of hydrogen-bond donors (Lipinski definition) is 16. The van der Waals surface area contributed by atoms with E-state index < -0.39 is 83.6 Å². The monoisotopic (exact) mass is 1160 g/mol. The average molecular weight is 1160 g/mol. The Morgan fingerprint density at radius 2 is 0.963 bits per heavy atom. The normalized spacial score (nSPS) is 13.8. The molecule has 0 aliphatic heterocycles. The van der Waals surface area contributed by atoms with Crippen LogP contribution in [0, 0.1) is 5.92 Å². The molecule has 0 fully saturated rings. The third-order valence-corrected chi connectivity index (χ3v) is 13.9. The predicted molar refractivity (Wildman–Crippen MR) is 309 cm³/mol. The van der Waals surface area contributed by atoms with Crippen LogP contribution >= 0.6 is 23.5 Å². The first-order valence-electron chi connectivity index (χ1n) is 25.7. The molecule has 30 heteroatoms. The number of carbonyl (C=O) groups is 9. The van der Waals surface area contributed by atoms with Crippen LogP contribution in [0.2, 0.25) is 0 Å². The van der Waals surface area contributed by atoms with E-state index >= 15 is 0 Å². The number of Topliss-reactive ketones (excluding diaryl/α,β-unsaturated/α-hetero) is 1. The van der Waals surface area contributed by atoms with Gasteiger partial charge in [-0.3, -0.25) is 58.1 Å². The number of ketones is 1. The molecule has 442 valence electrons. The third-order valence-electron chi connectivity index (χ3n) is 11.9. The summed E-state index contributed by atoms with van der Waals surface area (Å²) in [4.78, 5) is 134. The number of nitrogens with one attached hydrogen (secondary N) is 7. The molecule has 0 spiro atoms. The van der Waals surface area contributed by atoms with Crippen LogP contribution in [0.15, 0.2) is 69.6 Å². The Balaban J connectivity index is 2.60. The van der Waals surface area contributed by atoms with Gasteiger partial charge in [-0.1, -0.05) is 62.7 Å². The zero-order valence-corrected chi connectivity index (χ0v) is 47.0. The lowest BCUT2D eigenvalue weighted by Gasteiger charge is -2.28. The summed E-state index contributed by atoms with van der Waals surface area (Å²) in [5.74, 6) is -7.85. The minimum absolute atomic E-state index is 0.00276. The second-order valence-electron chi connectivity index (χ2n) is 18.5. The molecule has 0 saturated heterocycles. The first-order chi connectivity index (χ1) is 37.9. The number of hydrogen-bond acceptors (Lipinski definition) is 16. The number of nitrogens with zero attached hydrogens (tertiary/aromatic N) is 3. The van der Waals surface area contributed by atoms with Crippen molar-refractivity contribution in [1.29, 1.82) is 0 Å². The molecule has 0 aromatic heterocycles. The first-order valence-corrected chi connectivity index (χ1v) is 28.0. The molecule has 2 aromatic rings. The summed E-state index contributed by atoms with van der Waals surface area (Å²) in [6, 6.07) is 4.91. The first kappa shape index (κ1) is 68.2. The van der Waals surface area contributed by atoms with E-state index in [0.29, 0.717) is 17.5 Å². The number of aliphatic imine (C=N–C) groups is 3. The highest BCUT2D eigenvalue weighted by Crippen LogP contribution is 2.15. The van der Waals surface area contributed by atoms with Gasteiger partial charge in [0.25, 0.3) is 0 Å². The second kappa shape index (κ2) is 37.1. The van der Waals surface area contributed by atoms with Gasteiger partial charge in [0.05, 0.1) is 17.7 Å². The number of rotatable bonds is 38. The molecule has 8 atom stereocenters. The fraction of sp³-hybridized carbons (Fsp3) is 0.520. The number of nitrogens with two attached hydrogens (primary N) is 8. The highest BCUT2D eigenvalue weighted by Gasteiger charge is 2.34. The molecule has 0 bridgehead atoms. The fourth-order valence-corrected chi connectivity index (χ4v) is 9.06. The van der Waals surface area contributed by atoms with Crippen LogP contribution in [-0.2, 0) is 44.8 Å². The molecule has 2 rings (SSSR count). The molecule has 0 unspecified atom stereocenters. The molecular formula is C50H80N18O10S2. The van der Waals surface area contributed by atoms with Crippen LogP contribution < -0.4 is 83.1 Å². The van der Waals surface area contributed by atoms with Crippen molar-refractivity contribution in [1.82, 2.24) is 37.2 Å². The van der Waals surface area contributed by atoms with E-state index in [2.05, 4.69) is 52.2 Å². The number of benzene rings is 2. The van der Waals surface area contributed by atoms with Gasteiger partial charge in [-0.15, -0.1) is 11.8 Å². The van der Waals surface area contributed by atoms with Gasteiger partial charge in [-0.25, -0.2) is 0 Å². The Labute approximate surface area is 473 Å². The van der Waals surface area contributed by atoms with Gasteiger partial charge >= 0.3 is 0 Å². The van der Waals surface area contributed by atoms with Crippen molar-refractivity contribution in [3.63, 3.8) is 0 Å². The van der Waals surface area contributed by atoms with Gasteiger partial charge in [0.2, 0.25) is 47.3 Å². The van der Waals surface area contributed by atoms with Crippen LogP contribution in [-0.4, -0.2) is 161 Å². The number of thioether (sulfide) groups is 2. The zero-order chi connectivity index (χ0) is 59.7. The molecular weight excluding hydrogens is 1080 g/mol. The van der Waals surface area contributed by atoms with Crippen molar-refractivity contribution in [2.24, 2.45) is 66.8 Å². The Morgan fingerprint density at radius 1 is 0.550 bits per heavy atom. The van der Waals surface area contributed by atoms with E-state index in [9.17, 15) is 48.3 Å². The highest BCUT2D eigenvalue weighted by molar-refractivity contribution is 8.00. The topological polar surface area (TPSA) is 503 Å². The Bertz CT molecular complexity index is 2440. The summed E-state index contributed by atoms with van der Waals surface area (Å²) in [5.41, 5.74) is 45.8. The van der Waals surface area contributed by atoms with Crippen LogP contribution in [0.3, 0.4) is 0 Å². The fourth-order valence-electron chi connectivity index (χ4n) is 7.22. The number of aromatic hydroxyl groups is 1. The lowest BCUT2D eigenvalue weighted by atomic mass is 9.99. The quantitative estimate of drug-likeness (QED) is 0.0101. The molecule has 80 heavy (non-hydrogen) atoms. The molecule has 2 aromatic carbocycles. The number of phenolic OH excluding ortho intramolecular Hbond substituents is 1. The summed E-state index contributed by atoms with van der Waals surface area (Å²) in [6.07, 6.45) is 0.524. The summed E-state index contributed by atoms with van der Waals surface area (Å²) in [5, 5.41) is 28.5. The summed E-state index contributed by atoms with van der Waals surface area (Å²) >= 11 is 2.12. The Morgan fingerprint density at radius 3 is 1.43 bits per heavy atom. The maximum atomic E-state index is 14.7. The van der Waals surface area contributed by atoms with E-state index in [4.69, 9.17) is 45.9 Å². The van der Waals surface area contributed by atoms with Gasteiger partial charge in [0.15, 0.2) is 23.7 Å². The van der Waals surface area contributed by atoms with Crippen molar-refractivity contribution >= 4 is 94.4 Å². The maximum Gasteiger partial charge on any atom is 0.244 e. The summed E-state index contributed by atoms with van der Waals surface area (Å²) < 4.78 is 0. The molecule has 28 nitrogen and oxygen atoms in total. The number of amides is 8. The van der Waals surface area contributed by atoms with Crippen LogP contribution in [0.4, 0.5) is 0 Å². The molecule has 8 amide bonds. The van der Waals surface area contributed by atoms with Crippen molar-refractivity contribution < 1.29 is 48.3 Å². The predicted octanol–water partition coefficient (Wildman–Crippen LogP) is -3.69. The van der Waals surface area contributed by atoms with E-state index in [1.54, 1.807) is 37.3 Å².